The van der Waals surface area contributed by atoms with Crippen LogP contribution in [0.5, 0.6) is 0 Å². The Kier molecular flexibility index (Phi) is 7.62. The molecule has 0 aliphatic carbocycles. The maximum absolute atomic E-state index is 12.9. The highest BCUT2D eigenvalue weighted by atomic mass is 32.2. The molecule has 2 aliphatic heterocycles. The molecular weight excluding hydrogens is 349 g/mol. The molecule has 2 fully saturated rings. The standard InChI is InChI=1S/C20H30FN3OS/c21-17-5-7-19(8-6-17)26-16-4-11-22-20(25)24-14-9-18(10-15-24)23-12-2-1-3-13-23/h5-8,18H,1-4,9-16H2,(H,22,25). The Bertz CT molecular complexity index is 555. The molecule has 2 aliphatic rings. The summed E-state index contributed by atoms with van der Waals surface area (Å²) in [4.78, 5) is 18.0. The molecule has 4 nitrogen and oxygen atoms in total. The van der Waals surface area contributed by atoms with E-state index in [1.807, 2.05) is 4.90 Å². The van der Waals surface area contributed by atoms with Crippen molar-refractivity contribution in [2.45, 2.75) is 49.5 Å². The molecule has 0 aromatic heterocycles. The van der Waals surface area contributed by atoms with E-state index in [4.69, 9.17) is 0 Å². The van der Waals surface area contributed by atoms with E-state index in [0.29, 0.717) is 12.6 Å². The lowest BCUT2D eigenvalue weighted by molar-refractivity contribution is 0.101. The summed E-state index contributed by atoms with van der Waals surface area (Å²) in [5.41, 5.74) is 0. The minimum Gasteiger partial charge on any atom is -0.338 e. The van der Waals surface area contributed by atoms with Crippen LogP contribution in [0, 0.1) is 5.82 Å². The molecule has 0 atom stereocenters. The zero-order chi connectivity index (χ0) is 18.2. The number of hydrogen-bond acceptors (Lipinski definition) is 3. The molecule has 2 heterocycles. The Morgan fingerprint density at radius 2 is 1.77 bits per heavy atom. The third-order valence-corrected chi connectivity index (χ3v) is 6.44. The number of carbonyl (C=O) groups excluding carboxylic acids is 1. The van der Waals surface area contributed by atoms with Crippen LogP contribution in [0.2, 0.25) is 0 Å². The quantitative estimate of drug-likeness (QED) is 0.600. The summed E-state index contributed by atoms with van der Waals surface area (Å²) in [6.07, 6.45) is 7.16. The second-order valence-corrected chi connectivity index (χ2v) is 8.37. The molecule has 1 aromatic carbocycles. The average Bonchev–Trinajstić information content (AvgIpc) is 2.70. The van der Waals surface area contributed by atoms with Gasteiger partial charge in [0.2, 0.25) is 0 Å². The summed E-state index contributed by atoms with van der Waals surface area (Å²) in [6, 6.07) is 7.31. The number of nitrogens with one attached hydrogen (secondary N) is 1. The number of benzene rings is 1. The maximum atomic E-state index is 12.9. The molecule has 0 saturated carbocycles. The normalized spacial score (nSPS) is 19.5. The van der Waals surface area contributed by atoms with Crippen LogP contribution in [0.4, 0.5) is 9.18 Å². The first kappa shape index (κ1) is 19.5. The zero-order valence-electron chi connectivity index (χ0n) is 15.5. The van der Waals surface area contributed by atoms with Crippen LogP contribution in [-0.4, -0.2) is 60.3 Å². The summed E-state index contributed by atoms with van der Waals surface area (Å²) in [7, 11) is 0. The van der Waals surface area contributed by atoms with Crippen LogP contribution < -0.4 is 5.32 Å². The van der Waals surface area contributed by atoms with Crippen molar-refractivity contribution in [2.75, 3.05) is 38.5 Å². The van der Waals surface area contributed by atoms with Gasteiger partial charge in [-0.2, -0.15) is 0 Å². The molecule has 1 N–H and O–H groups in total. The van der Waals surface area contributed by atoms with E-state index in [-0.39, 0.29) is 11.8 Å². The first-order chi connectivity index (χ1) is 12.7. The van der Waals surface area contributed by atoms with E-state index in [2.05, 4.69) is 10.2 Å². The molecule has 144 valence electrons. The third-order valence-electron chi connectivity index (χ3n) is 5.34. The molecule has 26 heavy (non-hydrogen) atoms. The fraction of sp³-hybridized carbons (Fsp3) is 0.650. The Morgan fingerprint density at radius 3 is 2.46 bits per heavy atom. The van der Waals surface area contributed by atoms with Gasteiger partial charge in [-0.15, -0.1) is 11.8 Å². The van der Waals surface area contributed by atoms with E-state index in [0.717, 1.165) is 43.0 Å². The highest BCUT2D eigenvalue weighted by Gasteiger charge is 2.27. The Balaban J connectivity index is 1.27. The molecule has 2 amide bonds. The minimum absolute atomic E-state index is 0.0777. The summed E-state index contributed by atoms with van der Waals surface area (Å²) < 4.78 is 12.9. The predicted molar refractivity (Wildman–Crippen MR) is 105 cm³/mol. The molecule has 2 saturated heterocycles. The summed E-state index contributed by atoms with van der Waals surface area (Å²) >= 11 is 1.70. The van der Waals surface area contributed by atoms with E-state index in [9.17, 15) is 9.18 Å². The monoisotopic (exact) mass is 379 g/mol. The van der Waals surface area contributed by atoms with E-state index >= 15 is 0 Å². The first-order valence-corrected chi connectivity index (χ1v) is 10.9. The number of urea groups is 1. The van der Waals surface area contributed by atoms with Crippen molar-refractivity contribution in [3.05, 3.63) is 30.1 Å². The van der Waals surface area contributed by atoms with Gasteiger partial charge in [0.25, 0.3) is 0 Å². The second-order valence-electron chi connectivity index (χ2n) is 7.20. The van der Waals surface area contributed by atoms with Crippen molar-refractivity contribution in [1.82, 2.24) is 15.1 Å². The van der Waals surface area contributed by atoms with Crippen molar-refractivity contribution in [3.8, 4) is 0 Å². The number of thioether (sulfide) groups is 1. The lowest BCUT2D eigenvalue weighted by atomic mass is 10.0. The van der Waals surface area contributed by atoms with Crippen LogP contribution in [-0.2, 0) is 0 Å². The van der Waals surface area contributed by atoms with E-state index in [1.165, 1.54) is 44.5 Å². The second kappa shape index (κ2) is 10.2. The van der Waals surface area contributed by atoms with Crippen molar-refractivity contribution in [2.24, 2.45) is 0 Å². The van der Waals surface area contributed by atoms with E-state index in [1.54, 1.807) is 23.9 Å². The van der Waals surface area contributed by atoms with Gasteiger partial charge in [0.05, 0.1) is 0 Å². The highest BCUT2D eigenvalue weighted by molar-refractivity contribution is 7.99. The van der Waals surface area contributed by atoms with Gasteiger partial charge in [-0.25, -0.2) is 9.18 Å². The largest absolute Gasteiger partial charge is 0.338 e. The Hall–Kier alpha value is -1.27. The van der Waals surface area contributed by atoms with Gasteiger partial charge in [0, 0.05) is 30.6 Å². The first-order valence-electron chi connectivity index (χ1n) is 9.87. The summed E-state index contributed by atoms with van der Waals surface area (Å²) in [5, 5.41) is 3.04. The van der Waals surface area contributed by atoms with Gasteiger partial charge in [0.15, 0.2) is 0 Å². The molecule has 1 aromatic rings. The van der Waals surface area contributed by atoms with Crippen LogP contribution in [0.3, 0.4) is 0 Å². The third kappa shape index (κ3) is 5.88. The van der Waals surface area contributed by atoms with Crippen molar-refractivity contribution < 1.29 is 9.18 Å². The van der Waals surface area contributed by atoms with Crippen LogP contribution in [0.25, 0.3) is 0 Å². The van der Waals surface area contributed by atoms with Gasteiger partial charge in [-0.3, -0.25) is 0 Å². The number of likely N-dealkylation sites (tertiary alicyclic amines) is 2. The number of amides is 2. The SMILES string of the molecule is O=C(NCCCSc1ccc(F)cc1)N1CCC(N2CCCCC2)CC1. The van der Waals surface area contributed by atoms with Gasteiger partial charge < -0.3 is 15.1 Å². The van der Waals surface area contributed by atoms with Crippen LogP contribution in [0.15, 0.2) is 29.2 Å². The predicted octanol–water partition coefficient (Wildman–Crippen LogP) is 3.97. The molecule has 0 unspecified atom stereocenters. The number of carbonyl (C=O) groups is 1. The zero-order valence-corrected chi connectivity index (χ0v) is 16.3. The molecule has 0 radical (unpaired) electrons. The topological polar surface area (TPSA) is 35.6 Å². The number of piperidine rings is 2. The Morgan fingerprint density at radius 1 is 1.08 bits per heavy atom. The lowest BCUT2D eigenvalue weighted by Crippen LogP contribution is -2.50. The number of rotatable bonds is 6. The van der Waals surface area contributed by atoms with Crippen molar-refractivity contribution in [1.29, 1.82) is 0 Å². The van der Waals surface area contributed by atoms with Crippen molar-refractivity contribution >= 4 is 17.8 Å². The van der Waals surface area contributed by atoms with Gasteiger partial charge in [-0.1, -0.05) is 6.42 Å². The highest BCUT2D eigenvalue weighted by Crippen LogP contribution is 2.21. The summed E-state index contributed by atoms with van der Waals surface area (Å²) in [5.74, 6) is 0.717. The van der Waals surface area contributed by atoms with Gasteiger partial charge in [-0.05, 0) is 75.2 Å². The smallest absolute Gasteiger partial charge is 0.317 e. The number of nitrogens with zero attached hydrogens (tertiary/aromatic N) is 2. The van der Waals surface area contributed by atoms with Crippen molar-refractivity contribution in [3.63, 3.8) is 0 Å². The van der Waals surface area contributed by atoms with Crippen LogP contribution >= 0.6 is 11.8 Å². The summed E-state index contributed by atoms with van der Waals surface area (Å²) in [6.45, 7) is 4.92. The molecule has 6 heteroatoms. The molecular formula is C20H30FN3OS. The molecule has 0 spiro atoms. The minimum atomic E-state index is -0.203. The molecule has 3 rings (SSSR count). The molecule has 0 bridgehead atoms. The average molecular weight is 380 g/mol. The number of hydrogen-bond donors (Lipinski definition) is 1. The Labute approximate surface area is 160 Å². The lowest BCUT2D eigenvalue weighted by Gasteiger charge is -2.40. The van der Waals surface area contributed by atoms with Gasteiger partial charge >= 0.3 is 6.03 Å². The fourth-order valence-corrected chi connectivity index (χ4v) is 4.67. The van der Waals surface area contributed by atoms with E-state index < -0.39 is 0 Å². The number of halogens is 1. The van der Waals surface area contributed by atoms with Gasteiger partial charge in [0.1, 0.15) is 5.82 Å². The van der Waals surface area contributed by atoms with Crippen LogP contribution in [0.1, 0.15) is 38.5 Å². The fourth-order valence-electron chi connectivity index (χ4n) is 3.82. The maximum Gasteiger partial charge on any atom is 0.317 e.